The van der Waals surface area contributed by atoms with Gasteiger partial charge in [-0.2, -0.15) is 0 Å². The molecular weight excluding hydrogens is 418 g/mol. The van der Waals surface area contributed by atoms with Gasteiger partial charge >= 0.3 is 17.1 Å². The first-order valence-corrected chi connectivity index (χ1v) is 8.23. The number of nitrogens with zero attached hydrogens (tertiary/aromatic N) is 7. The van der Waals surface area contributed by atoms with Gasteiger partial charge in [0, 0.05) is 24.8 Å². The van der Waals surface area contributed by atoms with Gasteiger partial charge in [-0.3, -0.25) is 9.97 Å². The van der Waals surface area contributed by atoms with Crippen LogP contribution in [0.5, 0.6) is 0 Å². The van der Waals surface area contributed by atoms with Crippen LogP contribution in [0.3, 0.4) is 0 Å². The second kappa shape index (κ2) is 32.9. The van der Waals surface area contributed by atoms with Crippen LogP contribution in [0.25, 0.3) is 0 Å². The third kappa shape index (κ3) is 17.7. The van der Waals surface area contributed by atoms with E-state index in [-0.39, 0.29) is 17.1 Å². The second-order valence-electron chi connectivity index (χ2n) is 5.14. The fraction of sp³-hybridized carbons (Fsp3) is 0.318. The molecule has 0 bridgehead atoms. The van der Waals surface area contributed by atoms with Crippen molar-refractivity contribution in [3.8, 4) is 0 Å². The van der Waals surface area contributed by atoms with E-state index in [4.69, 9.17) is 59.2 Å². The topological polar surface area (TPSA) is 145 Å². The molecule has 30 heavy (non-hydrogen) atoms. The largest absolute Gasteiger partial charge is 5.00 e. The molecule has 2 aromatic heterocycles. The Kier molecular flexibility index (Phi) is 40.7. The van der Waals surface area contributed by atoms with E-state index in [1.165, 1.54) is 30.4 Å². The van der Waals surface area contributed by atoms with Crippen molar-refractivity contribution >= 4 is 0 Å². The summed E-state index contributed by atoms with van der Waals surface area (Å²) >= 11 is 0. The Morgan fingerprint density at radius 2 is 1.00 bits per heavy atom. The maximum atomic E-state index is 6.25. The van der Waals surface area contributed by atoms with Gasteiger partial charge in [0.2, 0.25) is 0 Å². The average Bonchev–Trinajstić information content (AvgIpc) is 2.87. The van der Waals surface area contributed by atoms with Crippen molar-refractivity contribution in [2.24, 2.45) is 0 Å². The first-order valence-electron chi connectivity index (χ1n) is 8.23. The smallest absolute Gasteiger partial charge is 0.512 e. The molecule has 0 aliphatic rings. The summed E-state index contributed by atoms with van der Waals surface area (Å²) in [5.74, 6) is 1.24. The van der Waals surface area contributed by atoms with Crippen molar-refractivity contribution in [2.45, 2.75) is 44.9 Å². The van der Waals surface area contributed by atoms with Gasteiger partial charge in [-0.1, -0.05) is 13.8 Å². The molecule has 2 atom stereocenters. The van der Waals surface area contributed by atoms with Crippen LogP contribution < -0.4 is 0 Å². The molecule has 0 saturated heterocycles. The summed E-state index contributed by atoms with van der Waals surface area (Å²) in [6, 6.07) is 8.53. The first kappa shape index (κ1) is 37.1. The maximum Gasteiger partial charge on any atom is 5.00 e. The minimum absolute atomic E-state index is 0. The van der Waals surface area contributed by atoms with Crippen molar-refractivity contribution in [1.29, 1.82) is 26.3 Å². The van der Waals surface area contributed by atoms with Crippen molar-refractivity contribution in [1.82, 2.24) is 9.97 Å². The normalized spacial score (nSPS) is 9.20. The van der Waals surface area contributed by atoms with Gasteiger partial charge in [0.05, 0.1) is 0 Å². The minimum atomic E-state index is 0. The predicted molar refractivity (Wildman–Crippen MR) is 104 cm³/mol. The van der Waals surface area contributed by atoms with Gasteiger partial charge < -0.3 is 59.2 Å². The molecule has 2 heterocycles. The maximum absolute atomic E-state index is 6.25. The zero-order chi connectivity index (χ0) is 23.5. The number of rotatable bonds is 6. The molecule has 2 unspecified atom stereocenters. The Morgan fingerprint density at radius 1 is 0.667 bits per heavy atom. The van der Waals surface area contributed by atoms with Gasteiger partial charge in [0.25, 0.3) is 0 Å². The van der Waals surface area contributed by atoms with E-state index in [9.17, 15) is 0 Å². The molecule has 0 aromatic carbocycles. The van der Waals surface area contributed by atoms with Crippen LogP contribution in [0.4, 0.5) is 0 Å². The molecule has 0 aliphatic heterocycles. The van der Waals surface area contributed by atoms with E-state index in [2.05, 4.69) is 48.1 Å². The third-order valence-corrected chi connectivity index (χ3v) is 3.89. The first-order chi connectivity index (χ1) is 14.3. The van der Waals surface area contributed by atoms with Crippen LogP contribution in [0.2, 0.25) is 0 Å². The molecule has 0 N–H and O–H groups in total. The van der Waals surface area contributed by atoms with Crippen LogP contribution in [0, 0.1) is 59.2 Å². The Labute approximate surface area is 191 Å². The quantitative estimate of drug-likeness (QED) is 0.452. The molecule has 0 saturated carbocycles. The van der Waals surface area contributed by atoms with E-state index in [0.29, 0.717) is 11.8 Å². The summed E-state index contributed by atoms with van der Waals surface area (Å²) in [6.45, 7) is 28.3. The van der Waals surface area contributed by atoms with Gasteiger partial charge in [-0.05, 0) is 66.5 Å². The van der Waals surface area contributed by atoms with E-state index >= 15 is 0 Å². The average molecular weight is 440 g/mol. The Hall–Kier alpha value is -3.73. The number of aromatic nitrogens is 2. The van der Waals surface area contributed by atoms with E-state index in [1.807, 2.05) is 24.8 Å². The molecule has 8 heteroatoms. The van der Waals surface area contributed by atoms with E-state index in [1.54, 1.807) is 0 Å². The molecule has 7 nitrogen and oxygen atoms in total. The van der Waals surface area contributed by atoms with Crippen molar-refractivity contribution in [3.63, 3.8) is 0 Å². The predicted octanol–water partition coefficient (Wildman–Crippen LogP) is 5.03. The summed E-state index contributed by atoms with van der Waals surface area (Å²) in [5, 5.41) is 31.2. The van der Waals surface area contributed by atoms with Gasteiger partial charge in [0.1, 0.15) is 0 Å². The summed E-state index contributed by atoms with van der Waals surface area (Å²) < 4.78 is 0. The number of hydrogen-bond acceptors (Lipinski definition) is 7. The van der Waals surface area contributed by atoms with E-state index < -0.39 is 0 Å². The second-order valence-corrected chi connectivity index (χ2v) is 5.14. The SMILES string of the molecule is CCC(CCC(C)c1ccncc1)c1ccncc1.[C-]#N.[C-]#N.[C-]#N.[C-]#N.[C-]#N.[Fe+5]. The molecule has 153 valence electrons. The Morgan fingerprint density at radius 3 is 1.33 bits per heavy atom. The monoisotopic (exact) mass is 440 g/mol. The molecule has 2 aromatic rings. The van der Waals surface area contributed by atoms with Gasteiger partial charge in [-0.25, -0.2) is 0 Å². The minimum Gasteiger partial charge on any atom is -0.512 e. The number of pyridine rings is 2. The van der Waals surface area contributed by atoms with Gasteiger partial charge in [0.15, 0.2) is 0 Å². The van der Waals surface area contributed by atoms with Crippen molar-refractivity contribution in [3.05, 3.63) is 93.0 Å². The molecule has 0 amide bonds. The fourth-order valence-corrected chi connectivity index (χ4v) is 2.55. The van der Waals surface area contributed by atoms with Crippen LogP contribution in [-0.4, -0.2) is 9.97 Å². The zero-order valence-electron chi connectivity index (χ0n) is 16.9. The number of hydrogen-bond donors (Lipinski definition) is 0. The van der Waals surface area contributed by atoms with Crippen molar-refractivity contribution in [2.75, 3.05) is 0 Å². The zero-order valence-corrected chi connectivity index (χ0v) is 18.0. The molecule has 0 aliphatic carbocycles. The van der Waals surface area contributed by atoms with Crippen LogP contribution >= 0.6 is 0 Å². The van der Waals surface area contributed by atoms with Crippen LogP contribution in [0.1, 0.15) is 56.1 Å². The van der Waals surface area contributed by atoms with Crippen LogP contribution in [-0.2, 0) is 17.1 Å². The molecule has 0 spiro atoms. The summed E-state index contributed by atoms with van der Waals surface area (Å²) in [6.07, 6.45) is 11.2. The third-order valence-electron chi connectivity index (χ3n) is 3.89. The van der Waals surface area contributed by atoms with Crippen molar-refractivity contribution < 1.29 is 17.1 Å². The van der Waals surface area contributed by atoms with E-state index in [0.717, 1.165) is 0 Å². The van der Waals surface area contributed by atoms with Crippen LogP contribution in [0.15, 0.2) is 49.1 Å². The Balaban J connectivity index is -0.000000166. The molecular formula is C22H22FeN7. The Bertz CT molecular complexity index is 645. The fourth-order valence-electron chi connectivity index (χ4n) is 2.55. The van der Waals surface area contributed by atoms with Gasteiger partial charge in [-0.15, -0.1) is 0 Å². The molecule has 2 rings (SSSR count). The standard InChI is InChI=1S/C17H22N2.5CN.Fe/c1-3-15(17-8-12-19-13-9-17)5-4-14(2)16-6-10-18-11-7-16;5*1-2;/h6-15H,3-5H2,1-2H3;;;;;;/q;5*-1;+5. The summed E-state index contributed by atoms with van der Waals surface area (Å²) in [7, 11) is 0. The molecule has 0 fully saturated rings. The summed E-state index contributed by atoms with van der Waals surface area (Å²) in [4.78, 5) is 8.18. The molecule has 1 radical (unpaired) electrons. The summed E-state index contributed by atoms with van der Waals surface area (Å²) in [5.41, 5.74) is 2.80.